The first-order valence-corrected chi connectivity index (χ1v) is 8.22. The molecule has 0 radical (unpaired) electrons. The van der Waals surface area contributed by atoms with E-state index in [0.717, 1.165) is 5.56 Å². The number of aliphatic carboxylic acids is 1. The Morgan fingerprint density at radius 1 is 1.25 bits per heavy atom. The number of carboxylic acids is 1. The SMILES string of the molecule is CC(C)CCS(=O)(=O)NC(Cc1ccccc1)C(=O)O. The summed E-state index contributed by atoms with van der Waals surface area (Å²) < 4.78 is 26.0. The molecule has 0 aliphatic carbocycles. The van der Waals surface area contributed by atoms with Gasteiger partial charge in [0.05, 0.1) is 5.75 Å². The number of hydrogen-bond acceptors (Lipinski definition) is 3. The Kier molecular flexibility index (Phi) is 6.16. The zero-order chi connectivity index (χ0) is 15.2. The summed E-state index contributed by atoms with van der Waals surface area (Å²) in [5.41, 5.74) is 0.784. The Labute approximate surface area is 120 Å². The lowest BCUT2D eigenvalue weighted by molar-refractivity contribution is -0.138. The second-order valence-corrected chi connectivity index (χ2v) is 7.07. The molecule has 1 rings (SSSR count). The molecule has 5 nitrogen and oxygen atoms in total. The number of hydrogen-bond donors (Lipinski definition) is 2. The zero-order valence-corrected chi connectivity index (χ0v) is 12.6. The summed E-state index contributed by atoms with van der Waals surface area (Å²) in [6, 6.07) is 7.83. The highest BCUT2D eigenvalue weighted by atomic mass is 32.2. The first-order valence-electron chi connectivity index (χ1n) is 6.57. The minimum atomic E-state index is -3.57. The van der Waals surface area contributed by atoms with E-state index in [0.29, 0.717) is 6.42 Å². The lowest BCUT2D eigenvalue weighted by atomic mass is 10.1. The van der Waals surface area contributed by atoms with E-state index in [2.05, 4.69) is 4.72 Å². The molecule has 0 fully saturated rings. The quantitative estimate of drug-likeness (QED) is 0.764. The average molecular weight is 299 g/mol. The lowest BCUT2D eigenvalue weighted by Crippen LogP contribution is -2.43. The van der Waals surface area contributed by atoms with E-state index in [1.165, 1.54) is 0 Å². The van der Waals surface area contributed by atoms with Crippen LogP contribution >= 0.6 is 0 Å². The van der Waals surface area contributed by atoms with Crippen LogP contribution < -0.4 is 4.72 Å². The molecule has 0 aliphatic rings. The van der Waals surface area contributed by atoms with Gasteiger partial charge in [0.2, 0.25) is 10.0 Å². The van der Waals surface area contributed by atoms with Crippen LogP contribution in [0.1, 0.15) is 25.8 Å². The van der Waals surface area contributed by atoms with Gasteiger partial charge < -0.3 is 5.11 Å². The summed E-state index contributed by atoms with van der Waals surface area (Å²) in [6.45, 7) is 3.85. The first-order chi connectivity index (χ1) is 9.30. The molecular formula is C14H21NO4S. The van der Waals surface area contributed by atoms with E-state index in [1.54, 1.807) is 24.3 Å². The van der Waals surface area contributed by atoms with Crippen molar-refractivity contribution in [3.05, 3.63) is 35.9 Å². The molecule has 112 valence electrons. The van der Waals surface area contributed by atoms with Gasteiger partial charge in [0.15, 0.2) is 0 Å². The van der Waals surface area contributed by atoms with Gasteiger partial charge in [0.1, 0.15) is 6.04 Å². The largest absolute Gasteiger partial charge is 0.480 e. The lowest BCUT2D eigenvalue weighted by Gasteiger charge is -2.15. The van der Waals surface area contributed by atoms with Gasteiger partial charge in [0, 0.05) is 0 Å². The van der Waals surface area contributed by atoms with Crippen LogP contribution in [0.5, 0.6) is 0 Å². The van der Waals surface area contributed by atoms with Crippen LogP contribution in [0.25, 0.3) is 0 Å². The maximum absolute atomic E-state index is 11.9. The first kappa shape index (κ1) is 16.7. The third-order valence-electron chi connectivity index (χ3n) is 2.87. The second kappa shape index (κ2) is 7.40. The van der Waals surface area contributed by atoms with Crippen molar-refractivity contribution in [3.8, 4) is 0 Å². The van der Waals surface area contributed by atoms with Crippen LogP contribution in [-0.4, -0.2) is 31.3 Å². The standard InChI is InChI=1S/C14H21NO4S/c1-11(2)8-9-20(18,19)15-13(14(16)17)10-12-6-4-3-5-7-12/h3-7,11,13,15H,8-10H2,1-2H3,(H,16,17). The molecule has 20 heavy (non-hydrogen) atoms. The van der Waals surface area contributed by atoms with Crippen molar-refractivity contribution in [1.29, 1.82) is 0 Å². The Balaban J connectivity index is 2.70. The van der Waals surface area contributed by atoms with Gasteiger partial charge in [-0.25, -0.2) is 13.1 Å². The minimum absolute atomic E-state index is 0.0523. The second-order valence-electron chi connectivity index (χ2n) is 5.20. The maximum Gasteiger partial charge on any atom is 0.322 e. The Hall–Kier alpha value is -1.40. The smallest absolute Gasteiger partial charge is 0.322 e. The topological polar surface area (TPSA) is 83.5 Å². The van der Waals surface area contributed by atoms with Crippen molar-refractivity contribution in [2.75, 3.05) is 5.75 Å². The molecule has 0 aliphatic heterocycles. The molecule has 2 N–H and O–H groups in total. The third kappa shape index (κ3) is 6.16. The van der Waals surface area contributed by atoms with Gasteiger partial charge >= 0.3 is 5.97 Å². The van der Waals surface area contributed by atoms with E-state index >= 15 is 0 Å². The molecule has 0 aromatic heterocycles. The molecule has 0 heterocycles. The van der Waals surface area contributed by atoms with Crippen molar-refractivity contribution >= 4 is 16.0 Å². The molecule has 6 heteroatoms. The third-order valence-corrected chi connectivity index (χ3v) is 4.28. The summed E-state index contributed by atoms with van der Waals surface area (Å²) in [5, 5.41) is 9.15. The molecule has 0 saturated heterocycles. The minimum Gasteiger partial charge on any atom is -0.480 e. The Morgan fingerprint density at radius 2 is 1.85 bits per heavy atom. The Bertz CT molecular complexity index is 525. The van der Waals surface area contributed by atoms with Crippen molar-refractivity contribution in [2.24, 2.45) is 5.92 Å². The van der Waals surface area contributed by atoms with Gasteiger partial charge in [-0.1, -0.05) is 44.2 Å². The molecule has 1 atom stereocenters. The molecule has 1 aromatic carbocycles. The monoisotopic (exact) mass is 299 g/mol. The van der Waals surface area contributed by atoms with Crippen molar-refractivity contribution in [2.45, 2.75) is 32.7 Å². The van der Waals surface area contributed by atoms with E-state index in [4.69, 9.17) is 5.11 Å². The van der Waals surface area contributed by atoms with Gasteiger partial charge in [-0.2, -0.15) is 0 Å². The van der Waals surface area contributed by atoms with Gasteiger partial charge in [-0.15, -0.1) is 0 Å². The molecule has 0 saturated carbocycles. The molecule has 0 amide bonds. The predicted molar refractivity (Wildman–Crippen MR) is 77.9 cm³/mol. The number of sulfonamides is 1. The zero-order valence-electron chi connectivity index (χ0n) is 11.7. The summed E-state index contributed by atoms with van der Waals surface area (Å²) in [5.74, 6) is -0.964. The predicted octanol–water partition coefficient (Wildman–Crippen LogP) is 1.65. The van der Waals surface area contributed by atoms with Crippen molar-refractivity contribution < 1.29 is 18.3 Å². The number of nitrogens with one attached hydrogen (secondary N) is 1. The fraction of sp³-hybridized carbons (Fsp3) is 0.500. The van der Waals surface area contributed by atoms with Gasteiger partial charge in [-0.3, -0.25) is 4.79 Å². The fourth-order valence-electron chi connectivity index (χ4n) is 1.70. The molecule has 0 spiro atoms. The normalized spacial score (nSPS) is 13.3. The highest BCUT2D eigenvalue weighted by Crippen LogP contribution is 2.07. The van der Waals surface area contributed by atoms with Crippen LogP contribution in [-0.2, 0) is 21.2 Å². The number of carboxylic acid groups (broad SMARTS) is 1. The maximum atomic E-state index is 11.9. The van der Waals surface area contributed by atoms with Gasteiger partial charge in [-0.05, 0) is 24.3 Å². The number of rotatable bonds is 8. The van der Waals surface area contributed by atoms with E-state index in [1.807, 2.05) is 19.9 Å². The summed E-state index contributed by atoms with van der Waals surface area (Å²) in [4.78, 5) is 11.2. The van der Waals surface area contributed by atoms with Crippen LogP contribution in [0.15, 0.2) is 30.3 Å². The van der Waals surface area contributed by atoms with Crippen molar-refractivity contribution in [3.63, 3.8) is 0 Å². The highest BCUT2D eigenvalue weighted by Gasteiger charge is 2.24. The average Bonchev–Trinajstić information content (AvgIpc) is 2.37. The summed E-state index contributed by atoms with van der Waals surface area (Å²) >= 11 is 0. The van der Waals surface area contributed by atoms with Crippen LogP contribution in [0.4, 0.5) is 0 Å². The van der Waals surface area contributed by atoms with E-state index in [-0.39, 0.29) is 18.1 Å². The van der Waals surface area contributed by atoms with Gasteiger partial charge in [0.25, 0.3) is 0 Å². The summed E-state index contributed by atoms with van der Waals surface area (Å²) in [6.07, 6.45) is 0.643. The molecule has 0 bridgehead atoms. The number of carbonyl (C=O) groups is 1. The highest BCUT2D eigenvalue weighted by molar-refractivity contribution is 7.89. The molecule has 1 aromatic rings. The van der Waals surface area contributed by atoms with Crippen LogP contribution in [0.2, 0.25) is 0 Å². The van der Waals surface area contributed by atoms with Crippen LogP contribution in [0, 0.1) is 5.92 Å². The fourth-order valence-corrected chi connectivity index (χ4v) is 3.21. The van der Waals surface area contributed by atoms with E-state index < -0.39 is 22.0 Å². The summed E-state index contributed by atoms with van der Waals surface area (Å²) in [7, 11) is -3.57. The van der Waals surface area contributed by atoms with E-state index in [9.17, 15) is 13.2 Å². The number of benzene rings is 1. The molecule has 1 unspecified atom stereocenters. The van der Waals surface area contributed by atoms with Crippen LogP contribution in [0.3, 0.4) is 0 Å². The Morgan fingerprint density at radius 3 is 2.35 bits per heavy atom. The van der Waals surface area contributed by atoms with Crippen molar-refractivity contribution in [1.82, 2.24) is 4.72 Å². The molecular weight excluding hydrogens is 278 g/mol.